The van der Waals surface area contributed by atoms with Gasteiger partial charge in [-0.25, -0.2) is 9.59 Å². The molecule has 0 bridgehead atoms. The number of carbonyl (C=O) groups excluding carboxylic acids is 1. The molecule has 1 saturated heterocycles. The summed E-state index contributed by atoms with van der Waals surface area (Å²) in [6.07, 6.45) is 3.09. The Bertz CT molecular complexity index is 824. The van der Waals surface area contributed by atoms with Gasteiger partial charge in [0.2, 0.25) is 0 Å². The molecule has 3 N–H and O–H groups in total. The van der Waals surface area contributed by atoms with Crippen molar-refractivity contribution in [1.29, 1.82) is 0 Å². The predicted molar refractivity (Wildman–Crippen MR) is 96.2 cm³/mol. The van der Waals surface area contributed by atoms with Gasteiger partial charge in [-0.1, -0.05) is 12.1 Å². The van der Waals surface area contributed by atoms with E-state index in [1.807, 2.05) is 28.8 Å². The molecular weight excluding hydrogens is 320 g/mol. The molecule has 0 saturated carbocycles. The minimum Gasteiger partial charge on any atom is -0.461 e. The topological polar surface area (TPSA) is 93.3 Å². The van der Waals surface area contributed by atoms with Gasteiger partial charge in [0.05, 0.1) is 11.0 Å². The zero-order chi connectivity index (χ0) is 17.8. The third kappa shape index (κ3) is 4.11. The number of hydrogen-bond acceptors (Lipinski definition) is 5. The molecule has 0 spiro atoms. The van der Waals surface area contributed by atoms with E-state index in [0.717, 1.165) is 37.0 Å². The second-order valence-corrected chi connectivity index (χ2v) is 6.45. The van der Waals surface area contributed by atoms with Crippen molar-refractivity contribution >= 4 is 17.0 Å². The van der Waals surface area contributed by atoms with Crippen LogP contribution in [-0.2, 0) is 9.53 Å². The monoisotopic (exact) mass is 344 g/mol. The number of allylic oxidation sites excluding steroid dienone is 1. The number of aromatic amines is 1. The summed E-state index contributed by atoms with van der Waals surface area (Å²) < 4.78 is 7.01. The van der Waals surface area contributed by atoms with Crippen LogP contribution in [0.4, 0.5) is 0 Å². The van der Waals surface area contributed by atoms with Crippen LogP contribution in [0.2, 0.25) is 0 Å². The van der Waals surface area contributed by atoms with Crippen LogP contribution >= 0.6 is 0 Å². The number of aromatic nitrogens is 2. The summed E-state index contributed by atoms with van der Waals surface area (Å²) >= 11 is 0. The highest BCUT2D eigenvalue weighted by Crippen LogP contribution is 2.24. The van der Waals surface area contributed by atoms with E-state index in [2.05, 4.69) is 9.88 Å². The first-order valence-electron chi connectivity index (χ1n) is 8.57. The first kappa shape index (κ1) is 17.3. The Morgan fingerprint density at radius 3 is 2.80 bits per heavy atom. The predicted octanol–water partition coefficient (Wildman–Crippen LogP) is 1.37. The van der Waals surface area contributed by atoms with Gasteiger partial charge in [0.1, 0.15) is 6.61 Å². The maximum atomic E-state index is 12.3. The molecule has 7 nitrogen and oxygen atoms in total. The molecule has 0 aliphatic carbocycles. The molecule has 7 heteroatoms. The van der Waals surface area contributed by atoms with Crippen molar-refractivity contribution in [3.05, 3.63) is 46.5 Å². The summed E-state index contributed by atoms with van der Waals surface area (Å²) in [4.78, 5) is 28.9. The number of benzene rings is 1. The minimum atomic E-state index is -0.403. The number of nitrogens with two attached hydrogens (primary N) is 1. The maximum Gasteiger partial charge on any atom is 0.332 e. The van der Waals surface area contributed by atoms with Gasteiger partial charge < -0.3 is 15.5 Å². The van der Waals surface area contributed by atoms with E-state index in [9.17, 15) is 9.59 Å². The third-order valence-electron chi connectivity index (χ3n) is 4.54. The maximum absolute atomic E-state index is 12.3. The minimum absolute atomic E-state index is 0.0440. The molecule has 0 amide bonds. The van der Waals surface area contributed by atoms with E-state index < -0.39 is 5.97 Å². The van der Waals surface area contributed by atoms with Crippen LogP contribution in [-0.4, -0.2) is 46.7 Å². The number of hydrogen-bond donors (Lipinski definition) is 2. The first-order chi connectivity index (χ1) is 12.0. The lowest BCUT2D eigenvalue weighted by atomic mass is 10.0. The van der Waals surface area contributed by atoms with E-state index in [1.165, 1.54) is 6.08 Å². The van der Waals surface area contributed by atoms with Gasteiger partial charge in [-0.2, -0.15) is 0 Å². The molecule has 1 aliphatic heterocycles. The number of piperidine rings is 1. The summed E-state index contributed by atoms with van der Waals surface area (Å²) in [6.45, 7) is 4.44. The Morgan fingerprint density at radius 2 is 2.08 bits per heavy atom. The van der Waals surface area contributed by atoms with Crippen LogP contribution in [0.3, 0.4) is 0 Å². The van der Waals surface area contributed by atoms with Crippen molar-refractivity contribution in [1.82, 2.24) is 14.5 Å². The third-order valence-corrected chi connectivity index (χ3v) is 4.54. The van der Waals surface area contributed by atoms with E-state index in [1.54, 1.807) is 6.92 Å². The molecule has 2 aromatic rings. The van der Waals surface area contributed by atoms with Gasteiger partial charge in [-0.3, -0.25) is 9.47 Å². The van der Waals surface area contributed by atoms with Crippen LogP contribution < -0.4 is 11.4 Å². The molecule has 1 aromatic heterocycles. The SMILES string of the molecule is C/C(N)=C/C(=O)OCCN1CCC(n2c(=O)[nH]c3ccccc32)CC1. The second-order valence-electron chi connectivity index (χ2n) is 6.45. The molecule has 134 valence electrons. The summed E-state index contributed by atoms with van der Waals surface area (Å²) in [6, 6.07) is 7.98. The Labute approximate surface area is 146 Å². The summed E-state index contributed by atoms with van der Waals surface area (Å²) in [7, 11) is 0. The lowest BCUT2D eigenvalue weighted by Crippen LogP contribution is -2.38. The number of imidazole rings is 1. The smallest absolute Gasteiger partial charge is 0.332 e. The van der Waals surface area contributed by atoms with Crippen LogP contribution in [0.25, 0.3) is 11.0 Å². The van der Waals surface area contributed by atoms with Crippen LogP contribution in [0.1, 0.15) is 25.8 Å². The largest absolute Gasteiger partial charge is 0.461 e. The van der Waals surface area contributed by atoms with E-state index in [4.69, 9.17) is 10.5 Å². The Balaban J connectivity index is 1.54. The fourth-order valence-electron chi connectivity index (χ4n) is 3.34. The molecule has 25 heavy (non-hydrogen) atoms. The van der Waals surface area contributed by atoms with Crippen LogP contribution in [0.15, 0.2) is 40.8 Å². The quantitative estimate of drug-likeness (QED) is 0.631. The Kier molecular flexibility index (Phi) is 5.23. The molecule has 1 aromatic carbocycles. The highest BCUT2D eigenvalue weighted by molar-refractivity contribution is 5.82. The second kappa shape index (κ2) is 7.57. The Hall–Kier alpha value is -2.54. The van der Waals surface area contributed by atoms with Gasteiger partial charge in [0.25, 0.3) is 0 Å². The van der Waals surface area contributed by atoms with Crippen molar-refractivity contribution in [3.63, 3.8) is 0 Å². The lowest BCUT2D eigenvalue weighted by molar-refractivity contribution is -0.138. The number of nitrogens with zero attached hydrogens (tertiary/aromatic N) is 2. The highest BCUT2D eigenvalue weighted by Gasteiger charge is 2.23. The van der Waals surface area contributed by atoms with Crippen molar-refractivity contribution in [2.24, 2.45) is 5.73 Å². The molecule has 1 fully saturated rings. The Morgan fingerprint density at radius 1 is 1.36 bits per heavy atom. The lowest BCUT2D eigenvalue weighted by Gasteiger charge is -2.32. The van der Waals surface area contributed by atoms with Crippen molar-refractivity contribution in [2.45, 2.75) is 25.8 Å². The summed E-state index contributed by atoms with van der Waals surface area (Å²) in [5, 5.41) is 0. The molecule has 0 unspecified atom stereocenters. The van der Waals surface area contributed by atoms with Crippen LogP contribution in [0.5, 0.6) is 0 Å². The number of likely N-dealkylation sites (tertiary alicyclic amines) is 1. The molecule has 3 rings (SSSR count). The zero-order valence-corrected chi connectivity index (χ0v) is 14.4. The van der Waals surface area contributed by atoms with E-state index >= 15 is 0 Å². The fraction of sp³-hybridized carbons (Fsp3) is 0.444. The number of fused-ring (bicyclic) bond motifs is 1. The summed E-state index contributed by atoms with van der Waals surface area (Å²) in [5.74, 6) is -0.403. The van der Waals surface area contributed by atoms with E-state index in [0.29, 0.717) is 18.8 Å². The number of para-hydroxylation sites is 2. The first-order valence-corrected chi connectivity index (χ1v) is 8.57. The summed E-state index contributed by atoms with van der Waals surface area (Å²) in [5.41, 5.74) is 7.68. The highest BCUT2D eigenvalue weighted by atomic mass is 16.5. The molecular formula is C18H24N4O3. The molecule has 1 aliphatic rings. The number of carbonyl (C=O) groups is 1. The molecule has 2 heterocycles. The number of H-pyrrole nitrogens is 1. The van der Waals surface area contributed by atoms with Gasteiger partial charge in [0.15, 0.2) is 0 Å². The number of rotatable bonds is 5. The molecule has 0 radical (unpaired) electrons. The molecule has 0 atom stereocenters. The normalized spacial score (nSPS) is 17.1. The van der Waals surface area contributed by atoms with Crippen molar-refractivity contribution in [3.8, 4) is 0 Å². The van der Waals surface area contributed by atoms with Gasteiger partial charge in [0, 0.05) is 37.4 Å². The fourth-order valence-corrected chi connectivity index (χ4v) is 3.34. The standard InChI is InChI=1S/C18H24N4O3/c1-13(19)12-17(23)25-11-10-21-8-6-14(7-9-21)22-16-5-3-2-4-15(16)20-18(22)24/h2-5,12,14H,6-11,19H2,1H3,(H,20,24)/b13-12-. The van der Waals surface area contributed by atoms with E-state index in [-0.39, 0.29) is 11.7 Å². The number of ether oxygens (including phenoxy) is 1. The van der Waals surface area contributed by atoms with Crippen molar-refractivity contribution in [2.75, 3.05) is 26.2 Å². The average molecular weight is 344 g/mol. The number of nitrogens with one attached hydrogen (secondary N) is 1. The van der Waals surface area contributed by atoms with Gasteiger partial charge in [-0.15, -0.1) is 0 Å². The zero-order valence-electron chi connectivity index (χ0n) is 14.4. The van der Waals surface area contributed by atoms with Gasteiger partial charge in [-0.05, 0) is 31.9 Å². The average Bonchev–Trinajstić information content (AvgIpc) is 2.90. The van der Waals surface area contributed by atoms with Crippen LogP contribution in [0, 0.1) is 0 Å². The number of esters is 1. The van der Waals surface area contributed by atoms with Gasteiger partial charge >= 0.3 is 11.7 Å². The van der Waals surface area contributed by atoms with Crippen molar-refractivity contribution < 1.29 is 9.53 Å².